The summed E-state index contributed by atoms with van der Waals surface area (Å²) in [6, 6.07) is 5.10. The van der Waals surface area contributed by atoms with Gasteiger partial charge in [0.05, 0.1) is 45.0 Å². The molecule has 0 N–H and O–H groups in total. The fourth-order valence-corrected chi connectivity index (χ4v) is 5.80. The number of methoxy groups -OCH3 is 2. The average molecular weight is 448 g/mol. The summed E-state index contributed by atoms with van der Waals surface area (Å²) in [5.74, 6) is -0.598. The van der Waals surface area contributed by atoms with Crippen LogP contribution in [0.3, 0.4) is 0 Å². The van der Waals surface area contributed by atoms with E-state index in [-0.39, 0.29) is 55.6 Å². The summed E-state index contributed by atoms with van der Waals surface area (Å²) < 4.78 is 37.7. The maximum atomic E-state index is 13.8. The van der Waals surface area contributed by atoms with Crippen LogP contribution in [0, 0.1) is 20.2 Å². The molecule has 0 unspecified atom stereocenters. The Bertz CT molecular complexity index is 1110. The Morgan fingerprint density at radius 2 is 1.13 bits per heavy atom. The molecule has 10 nitrogen and oxygen atoms in total. The predicted octanol–water partition coefficient (Wildman–Crippen LogP) is 4.11. The van der Waals surface area contributed by atoms with Gasteiger partial charge in [-0.05, 0) is 61.8 Å². The second kappa shape index (κ2) is 7.49. The molecular formula is C20H20N2O8S. The van der Waals surface area contributed by atoms with E-state index in [2.05, 4.69) is 0 Å². The van der Waals surface area contributed by atoms with Crippen LogP contribution in [0.5, 0.6) is 11.5 Å². The predicted molar refractivity (Wildman–Crippen MR) is 109 cm³/mol. The molecule has 11 heteroatoms. The van der Waals surface area contributed by atoms with Crippen LogP contribution in [-0.4, -0.2) is 32.5 Å². The van der Waals surface area contributed by atoms with Gasteiger partial charge in [0.25, 0.3) is 0 Å². The van der Waals surface area contributed by atoms with E-state index < -0.39 is 19.7 Å². The lowest BCUT2D eigenvalue weighted by Crippen LogP contribution is -2.12. The van der Waals surface area contributed by atoms with Crippen LogP contribution < -0.4 is 9.47 Å². The Morgan fingerprint density at radius 1 is 0.774 bits per heavy atom. The largest absolute Gasteiger partial charge is 0.490 e. The van der Waals surface area contributed by atoms with Crippen LogP contribution in [0.2, 0.25) is 0 Å². The molecule has 2 aromatic carbocycles. The number of hydrogen-bond donors (Lipinski definition) is 0. The first-order chi connectivity index (χ1) is 14.7. The second-order valence-electron chi connectivity index (χ2n) is 7.62. The summed E-state index contributed by atoms with van der Waals surface area (Å²) in [7, 11) is -1.73. The third-order valence-corrected chi connectivity index (χ3v) is 7.51. The van der Waals surface area contributed by atoms with E-state index in [1.807, 2.05) is 0 Å². The molecule has 0 saturated heterocycles. The molecule has 0 spiro atoms. The van der Waals surface area contributed by atoms with Crippen molar-refractivity contribution in [2.24, 2.45) is 0 Å². The maximum absolute atomic E-state index is 13.8. The van der Waals surface area contributed by atoms with Crippen LogP contribution >= 0.6 is 0 Å². The number of hydrogen-bond acceptors (Lipinski definition) is 8. The van der Waals surface area contributed by atoms with Crippen molar-refractivity contribution in [1.29, 1.82) is 0 Å². The van der Waals surface area contributed by atoms with Gasteiger partial charge in [0, 0.05) is 0 Å². The van der Waals surface area contributed by atoms with Crippen LogP contribution in [0.15, 0.2) is 34.1 Å². The molecule has 2 aliphatic rings. The molecule has 2 aliphatic carbocycles. The van der Waals surface area contributed by atoms with Gasteiger partial charge in [-0.2, -0.15) is 0 Å². The molecule has 2 aromatic rings. The molecule has 2 fully saturated rings. The van der Waals surface area contributed by atoms with Gasteiger partial charge >= 0.3 is 11.4 Å². The molecule has 4 rings (SSSR count). The fourth-order valence-electron chi connectivity index (χ4n) is 3.97. The van der Waals surface area contributed by atoms with Crippen LogP contribution in [-0.2, 0) is 9.84 Å². The highest BCUT2D eigenvalue weighted by Gasteiger charge is 2.43. The normalized spacial score (nSPS) is 16.1. The lowest BCUT2D eigenvalue weighted by atomic mass is 10.1. The molecule has 0 aliphatic heterocycles. The Labute approximate surface area is 178 Å². The summed E-state index contributed by atoms with van der Waals surface area (Å²) in [4.78, 5) is 21.9. The first-order valence-electron chi connectivity index (χ1n) is 9.68. The lowest BCUT2D eigenvalue weighted by molar-refractivity contribution is -0.386. The number of nitrogens with zero attached hydrogens (tertiary/aromatic N) is 2. The summed E-state index contributed by atoms with van der Waals surface area (Å²) in [6.07, 6.45) is 2.48. The summed E-state index contributed by atoms with van der Waals surface area (Å²) >= 11 is 0. The fraction of sp³-hybridized carbons (Fsp3) is 0.400. The summed E-state index contributed by atoms with van der Waals surface area (Å²) in [6.45, 7) is 0. The lowest BCUT2D eigenvalue weighted by Gasteiger charge is -2.16. The zero-order valence-corrected chi connectivity index (χ0v) is 17.7. The SMILES string of the molecule is COc1ccc(S(=O)(=O)c2ccc(OC)c([N+](=O)[O-])c2C2CC2)c(C2CC2)c1[N+](=O)[O-]. The van der Waals surface area contributed by atoms with Gasteiger partial charge in [-0.25, -0.2) is 8.42 Å². The van der Waals surface area contributed by atoms with Crippen molar-refractivity contribution >= 4 is 21.2 Å². The molecule has 0 amide bonds. The molecule has 0 atom stereocenters. The summed E-state index contributed by atoms with van der Waals surface area (Å²) in [5, 5.41) is 23.6. The van der Waals surface area contributed by atoms with E-state index in [0.29, 0.717) is 25.7 Å². The van der Waals surface area contributed by atoms with Gasteiger partial charge in [0.2, 0.25) is 9.84 Å². The van der Waals surface area contributed by atoms with E-state index in [4.69, 9.17) is 9.47 Å². The standard InChI is InChI=1S/C20H20N2O8S/c1-29-13-7-9-15(17(11-3-4-11)19(13)21(23)24)31(27,28)16-10-8-14(30-2)20(22(25)26)18(16)12-5-6-12/h7-12H,3-6H2,1-2H3. The Kier molecular flexibility index (Phi) is 5.08. The number of nitro groups is 2. The third kappa shape index (κ3) is 3.48. The van der Waals surface area contributed by atoms with E-state index in [0.717, 1.165) is 0 Å². The van der Waals surface area contributed by atoms with Crippen molar-refractivity contribution in [3.8, 4) is 11.5 Å². The minimum Gasteiger partial charge on any atom is -0.490 e. The first kappa shape index (κ1) is 21.0. The highest BCUT2D eigenvalue weighted by molar-refractivity contribution is 7.91. The Balaban J connectivity index is 2.01. The molecule has 0 aromatic heterocycles. The van der Waals surface area contributed by atoms with Gasteiger partial charge in [-0.1, -0.05) is 0 Å². The van der Waals surface area contributed by atoms with Gasteiger partial charge in [-0.3, -0.25) is 20.2 Å². The highest BCUT2D eigenvalue weighted by Crippen LogP contribution is 2.54. The number of sulfone groups is 1. The highest BCUT2D eigenvalue weighted by atomic mass is 32.2. The number of benzene rings is 2. The second-order valence-corrected chi connectivity index (χ2v) is 9.51. The molecular weight excluding hydrogens is 428 g/mol. The maximum Gasteiger partial charge on any atom is 0.315 e. The average Bonchev–Trinajstić information content (AvgIpc) is 3.64. The molecule has 0 heterocycles. The minimum absolute atomic E-state index is 0.0195. The third-order valence-electron chi connectivity index (χ3n) is 5.64. The quantitative estimate of drug-likeness (QED) is 0.434. The van der Waals surface area contributed by atoms with E-state index in [1.165, 1.54) is 38.5 Å². The van der Waals surface area contributed by atoms with E-state index in [1.54, 1.807) is 0 Å². The van der Waals surface area contributed by atoms with Gasteiger partial charge in [-0.15, -0.1) is 0 Å². The first-order valence-corrected chi connectivity index (χ1v) is 11.2. The van der Waals surface area contributed by atoms with Gasteiger partial charge in [0.15, 0.2) is 11.5 Å². The Hall–Kier alpha value is -3.21. The smallest absolute Gasteiger partial charge is 0.315 e. The molecule has 164 valence electrons. The van der Waals surface area contributed by atoms with Gasteiger partial charge < -0.3 is 9.47 Å². The number of rotatable bonds is 8. The van der Waals surface area contributed by atoms with Crippen molar-refractivity contribution < 1.29 is 27.7 Å². The zero-order chi connectivity index (χ0) is 22.5. The van der Waals surface area contributed by atoms with E-state index >= 15 is 0 Å². The minimum atomic E-state index is -4.29. The molecule has 31 heavy (non-hydrogen) atoms. The van der Waals surface area contributed by atoms with Crippen molar-refractivity contribution in [3.63, 3.8) is 0 Å². The molecule has 0 radical (unpaired) electrons. The topological polar surface area (TPSA) is 139 Å². The van der Waals surface area contributed by atoms with Crippen molar-refractivity contribution in [1.82, 2.24) is 0 Å². The monoisotopic (exact) mass is 448 g/mol. The summed E-state index contributed by atoms with van der Waals surface area (Å²) in [5.41, 5.74) is -0.543. The van der Waals surface area contributed by atoms with Crippen LogP contribution in [0.25, 0.3) is 0 Å². The molecule has 0 bridgehead atoms. The van der Waals surface area contributed by atoms with Gasteiger partial charge in [0.1, 0.15) is 0 Å². The van der Waals surface area contributed by atoms with Crippen molar-refractivity contribution in [3.05, 3.63) is 55.6 Å². The van der Waals surface area contributed by atoms with Crippen LogP contribution in [0.1, 0.15) is 48.6 Å². The molecule has 2 saturated carbocycles. The zero-order valence-electron chi connectivity index (χ0n) is 16.9. The number of ether oxygens (including phenoxy) is 2. The Morgan fingerprint density at radius 3 is 1.39 bits per heavy atom. The van der Waals surface area contributed by atoms with Crippen LogP contribution in [0.4, 0.5) is 11.4 Å². The van der Waals surface area contributed by atoms with E-state index in [9.17, 15) is 28.6 Å². The van der Waals surface area contributed by atoms with Crippen molar-refractivity contribution in [2.75, 3.05) is 14.2 Å². The number of nitro benzene ring substituents is 2. The van der Waals surface area contributed by atoms with Crippen molar-refractivity contribution in [2.45, 2.75) is 47.3 Å².